The Kier molecular flexibility index (Phi) is 3.71. The zero-order valence-corrected chi connectivity index (χ0v) is 20.1. The highest BCUT2D eigenvalue weighted by Gasteiger charge is 2.90. The van der Waals surface area contributed by atoms with E-state index in [0.29, 0.717) is 24.0 Å². The molecule has 1 aromatic heterocycles. The van der Waals surface area contributed by atoms with Gasteiger partial charge in [0.1, 0.15) is 18.3 Å². The number of allylic oxidation sites excluding steroid dienone is 1. The number of aliphatic hydroxyl groups is 1. The number of ether oxygens (including phenoxy) is 4. The molecule has 1 aromatic rings. The van der Waals surface area contributed by atoms with E-state index in [2.05, 4.69) is 0 Å². The van der Waals surface area contributed by atoms with E-state index in [1.807, 2.05) is 27.7 Å². The van der Waals surface area contributed by atoms with Crippen molar-refractivity contribution in [2.24, 2.45) is 22.2 Å². The van der Waals surface area contributed by atoms with Gasteiger partial charge in [0, 0.05) is 16.6 Å². The summed E-state index contributed by atoms with van der Waals surface area (Å²) >= 11 is 0. The molecule has 5 fully saturated rings. The molecule has 4 saturated heterocycles. The van der Waals surface area contributed by atoms with Crippen LogP contribution in [-0.4, -0.2) is 52.8 Å². The maximum absolute atomic E-state index is 14.3. The number of cyclic esters (lactones) is 2. The minimum Gasteiger partial charge on any atom is -0.504 e. The van der Waals surface area contributed by atoms with E-state index in [0.717, 1.165) is 0 Å². The monoisotopic (exact) mass is 484 g/mol. The first-order chi connectivity index (χ1) is 16.4. The molecule has 1 saturated carbocycles. The molecule has 9 heteroatoms. The SMILES string of the molecule is CC1(C)O[C@@H]2CC(=O)OC[C@]23C1=C(O)C(=O)[C@]1(C)[C@H]3CC[C@]2(C)[C@@H](c3ccoc3)OC(=O)[C@H]3O[C@]321. The van der Waals surface area contributed by atoms with Crippen molar-refractivity contribution in [1.82, 2.24) is 0 Å². The molecule has 1 N–H and O–H groups in total. The number of aliphatic hydroxyl groups excluding tert-OH is 1. The molecule has 0 aromatic carbocycles. The Hall–Kier alpha value is -2.65. The average Bonchev–Trinajstić information content (AvgIpc) is 3.26. The van der Waals surface area contributed by atoms with E-state index in [-0.39, 0.29) is 30.7 Å². The van der Waals surface area contributed by atoms with Gasteiger partial charge in [-0.15, -0.1) is 0 Å². The van der Waals surface area contributed by atoms with E-state index >= 15 is 0 Å². The van der Waals surface area contributed by atoms with Crippen LogP contribution in [0.25, 0.3) is 0 Å². The van der Waals surface area contributed by atoms with Crippen LogP contribution >= 0.6 is 0 Å². The normalized spacial score (nSPS) is 49.2. The number of esters is 2. The second-order valence-electron chi connectivity index (χ2n) is 11.9. The number of hydrogen-bond acceptors (Lipinski definition) is 9. The molecule has 8 atom stereocenters. The van der Waals surface area contributed by atoms with Crippen LogP contribution in [0, 0.1) is 22.2 Å². The van der Waals surface area contributed by atoms with Crippen molar-refractivity contribution in [3.8, 4) is 0 Å². The van der Waals surface area contributed by atoms with Gasteiger partial charge in [0.25, 0.3) is 0 Å². The minimum absolute atomic E-state index is 0.0138. The molecule has 2 spiro atoms. The van der Waals surface area contributed by atoms with Gasteiger partial charge in [-0.1, -0.05) is 6.92 Å². The van der Waals surface area contributed by atoms with Crippen LogP contribution in [0.15, 0.2) is 34.3 Å². The van der Waals surface area contributed by atoms with Gasteiger partial charge in [-0.3, -0.25) is 9.59 Å². The fourth-order valence-electron chi connectivity index (χ4n) is 8.96. The number of carbonyl (C=O) groups excluding carboxylic acids is 3. The van der Waals surface area contributed by atoms with Gasteiger partial charge >= 0.3 is 11.9 Å². The van der Waals surface area contributed by atoms with Crippen LogP contribution in [0.4, 0.5) is 0 Å². The highest BCUT2D eigenvalue weighted by atomic mass is 16.7. The first-order valence-electron chi connectivity index (χ1n) is 12.2. The summed E-state index contributed by atoms with van der Waals surface area (Å²) in [6.07, 6.45) is 2.15. The summed E-state index contributed by atoms with van der Waals surface area (Å²) in [5, 5.41) is 11.5. The summed E-state index contributed by atoms with van der Waals surface area (Å²) in [7, 11) is 0. The smallest absolute Gasteiger partial charge is 0.339 e. The van der Waals surface area contributed by atoms with Gasteiger partial charge in [0.05, 0.1) is 41.5 Å². The van der Waals surface area contributed by atoms with E-state index in [4.69, 9.17) is 23.4 Å². The maximum atomic E-state index is 14.3. The number of carbonyl (C=O) groups is 3. The van der Waals surface area contributed by atoms with E-state index in [1.54, 1.807) is 12.3 Å². The lowest BCUT2D eigenvalue weighted by Gasteiger charge is -2.63. The van der Waals surface area contributed by atoms with Crippen LogP contribution in [0.5, 0.6) is 0 Å². The lowest BCUT2D eigenvalue weighted by molar-refractivity contribution is -0.212. The molecule has 35 heavy (non-hydrogen) atoms. The standard InChI is InChI=1S/C26H28O9/c1-22(2)17-16(28)18(29)24(4)13(25(17)11-32-15(27)9-14(25)34-22)5-7-23(3)19(12-6-8-31-10-12)33-21(30)20-26(23,24)35-20/h6,8,10,13-14,19-20,28H,5,7,9,11H2,1-4H3/t13-,14-,19-,20-,23-,24+,25-,26-/m1/s1. The number of hydrogen-bond donors (Lipinski definition) is 1. The molecule has 0 unspecified atom stereocenters. The Bertz CT molecular complexity index is 1230. The molecule has 186 valence electrons. The molecule has 5 heterocycles. The highest BCUT2D eigenvalue weighted by Crippen LogP contribution is 2.79. The molecule has 4 aliphatic heterocycles. The number of epoxide rings is 1. The molecule has 0 bridgehead atoms. The number of furan rings is 1. The number of fused-ring (bicyclic) bond motifs is 1. The van der Waals surface area contributed by atoms with Gasteiger partial charge in [-0.05, 0) is 45.6 Å². The number of Topliss-reactive ketones (excluding diaryl/α,β-unsaturated/α-hetero) is 1. The zero-order valence-electron chi connectivity index (χ0n) is 20.1. The molecule has 0 radical (unpaired) electrons. The van der Waals surface area contributed by atoms with Gasteiger partial charge in [0.2, 0.25) is 5.78 Å². The second kappa shape index (κ2) is 6.00. The first kappa shape index (κ1) is 21.6. The fraction of sp³-hybridized carbons (Fsp3) is 0.654. The van der Waals surface area contributed by atoms with Crippen molar-refractivity contribution in [2.75, 3.05) is 6.61 Å². The van der Waals surface area contributed by atoms with Crippen molar-refractivity contribution in [3.63, 3.8) is 0 Å². The van der Waals surface area contributed by atoms with Crippen LogP contribution in [0.3, 0.4) is 0 Å². The Balaban J connectivity index is 1.47. The first-order valence-corrected chi connectivity index (χ1v) is 12.2. The van der Waals surface area contributed by atoms with Crippen molar-refractivity contribution >= 4 is 17.7 Å². The Morgan fingerprint density at radius 2 is 1.83 bits per heavy atom. The average molecular weight is 485 g/mol. The zero-order chi connectivity index (χ0) is 24.8. The fourth-order valence-corrected chi connectivity index (χ4v) is 8.96. The van der Waals surface area contributed by atoms with Crippen LogP contribution in [-0.2, 0) is 33.3 Å². The summed E-state index contributed by atoms with van der Waals surface area (Å²) in [6.45, 7) is 7.44. The Morgan fingerprint density at radius 1 is 1.06 bits per heavy atom. The molecule has 6 aliphatic rings. The predicted octanol–water partition coefficient (Wildman–Crippen LogP) is 2.94. The van der Waals surface area contributed by atoms with E-state index < -0.39 is 57.5 Å². The summed E-state index contributed by atoms with van der Waals surface area (Å²) in [5.41, 5.74) is -3.85. The predicted molar refractivity (Wildman–Crippen MR) is 116 cm³/mol. The highest BCUT2D eigenvalue weighted by molar-refractivity contribution is 6.03. The van der Waals surface area contributed by atoms with Crippen molar-refractivity contribution in [1.29, 1.82) is 0 Å². The van der Waals surface area contributed by atoms with Crippen LogP contribution in [0.2, 0.25) is 0 Å². The number of rotatable bonds is 1. The molecule has 7 rings (SSSR count). The minimum atomic E-state index is -1.27. The van der Waals surface area contributed by atoms with Crippen LogP contribution in [0.1, 0.15) is 58.6 Å². The third-order valence-electron chi connectivity index (χ3n) is 10.2. The number of ketones is 1. The van der Waals surface area contributed by atoms with E-state index in [9.17, 15) is 19.5 Å². The summed E-state index contributed by atoms with van der Waals surface area (Å²) in [6, 6.07) is 1.76. The topological polar surface area (TPSA) is 125 Å². The van der Waals surface area contributed by atoms with Crippen molar-refractivity contribution < 1.29 is 42.9 Å². The van der Waals surface area contributed by atoms with E-state index in [1.165, 1.54) is 6.26 Å². The largest absolute Gasteiger partial charge is 0.504 e. The summed E-state index contributed by atoms with van der Waals surface area (Å²) in [5.74, 6) is -2.07. The van der Waals surface area contributed by atoms with Crippen molar-refractivity contribution in [3.05, 3.63) is 35.5 Å². The Labute approximate surface area is 201 Å². The third-order valence-corrected chi connectivity index (χ3v) is 10.2. The van der Waals surface area contributed by atoms with Gasteiger partial charge < -0.3 is 28.5 Å². The lowest BCUT2D eigenvalue weighted by Crippen LogP contribution is -2.71. The summed E-state index contributed by atoms with van der Waals surface area (Å²) in [4.78, 5) is 39.7. The molecule has 2 aliphatic carbocycles. The molecule has 0 amide bonds. The van der Waals surface area contributed by atoms with Gasteiger partial charge in [0.15, 0.2) is 11.9 Å². The lowest BCUT2D eigenvalue weighted by atomic mass is 9.39. The maximum Gasteiger partial charge on any atom is 0.339 e. The summed E-state index contributed by atoms with van der Waals surface area (Å²) < 4.78 is 29.4. The molecular formula is C26H28O9. The van der Waals surface area contributed by atoms with Gasteiger partial charge in [-0.2, -0.15) is 0 Å². The molecular weight excluding hydrogens is 456 g/mol. The quantitative estimate of drug-likeness (QED) is 0.473. The Morgan fingerprint density at radius 3 is 2.54 bits per heavy atom. The van der Waals surface area contributed by atoms with Gasteiger partial charge in [-0.25, -0.2) is 4.79 Å². The van der Waals surface area contributed by atoms with Crippen molar-refractivity contribution in [2.45, 2.75) is 76.5 Å². The molecule has 9 nitrogen and oxygen atoms in total. The second-order valence-corrected chi connectivity index (χ2v) is 11.9. The third kappa shape index (κ3) is 2.07. The van der Waals surface area contributed by atoms with Crippen LogP contribution < -0.4 is 0 Å².